The lowest BCUT2D eigenvalue weighted by atomic mass is 9.64. The number of benzene rings is 1. The fourth-order valence-corrected chi connectivity index (χ4v) is 4.96. The van der Waals surface area contributed by atoms with Crippen molar-refractivity contribution in [2.75, 3.05) is 12.9 Å². The molecule has 3 N–H and O–H groups in total. The number of hydrogen-bond donors (Lipinski definition) is 2. The van der Waals surface area contributed by atoms with Gasteiger partial charge in [-0.2, -0.15) is 10.5 Å². The highest BCUT2D eigenvalue weighted by molar-refractivity contribution is 8.03. The third kappa shape index (κ3) is 3.58. The molecule has 1 aromatic rings. The molecule has 3 rings (SSSR count). The SMILES string of the molecule is COc1cccc(C(=O)CSC2=C(C#N)C3(CCCCC3)C(C#N)=C(N)N2)c1. The molecule has 1 saturated carbocycles. The van der Waals surface area contributed by atoms with E-state index < -0.39 is 5.41 Å². The van der Waals surface area contributed by atoms with Gasteiger partial charge in [-0.25, -0.2) is 0 Å². The Morgan fingerprint density at radius 3 is 2.61 bits per heavy atom. The van der Waals surface area contributed by atoms with E-state index >= 15 is 0 Å². The summed E-state index contributed by atoms with van der Waals surface area (Å²) in [6.45, 7) is 0. The average Bonchev–Trinajstić information content (AvgIpc) is 2.72. The van der Waals surface area contributed by atoms with Crippen LogP contribution in [0, 0.1) is 28.1 Å². The molecule has 1 fully saturated rings. The summed E-state index contributed by atoms with van der Waals surface area (Å²) in [4.78, 5) is 12.6. The number of thioether (sulfide) groups is 1. The van der Waals surface area contributed by atoms with Gasteiger partial charge < -0.3 is 15.8 Å². The number of ether oxygens (including phenoxy) is 1. The number of nitrogens with two attached hydrogens (primary N) is 1. The van der Waals surface area contributed by atoms with Crippen molar-refractivity contribution in [1.29, 1.82) is 10.5 Å². The van der Waals surface area contributed by atoms with Crippen LogP contribution in [0.2, 0.25) is 0 Å². The number of rotatable bonds is 5. The van der Waals surface area contributed by atoms with E-state index in [1.54, 1.807) is 31.4 Å². The van der Waals surface area contributed by atoms with Crippen LogP contribution in [0.5, 0.6) is 5.75 Å². The normalized spacial score (nSPS) is 18.2. The molecular weight excluding hydrogens is 372 g/mol. The van der Waals surface area contributed by atoms with Crippen LogP contribution in [-0.2, 0) is 0 Å². The number of nitriles is 2. The average molecular weight is 395 g/mol. The standard InChI is InChI=1S/C21H22N4O2S/c1-27-15-7-5-6-14(10-15)18(26)13-28-20-17(12-23)21(8-3-2-4-9-21)16(11-22)19(24)25-20/h5-7,10,25H,2-4,8-9,13,24H2,1H3. The van der Waals surface area contributed by atoms with Crippen LogP contribution < -0.4 is 15.8 Å². The number of dihydropyridines is 1. The molecule has 0 saturated heterocycles. The Bertz CT molecular complexity index is 930. The number of methoxy groups -OCH3 is 1. The summed E-state index contributed by atoms with van der Waals surface area (Å²) in [6.07, 6.45) is 4.45. The molecule has 2 aliphatic rings. The van der Waals surface area contributed by atoms with Gasteiger partial charge in [-0.05, 0) is 25.0 Å². The first-order valence-corrected chi connectivity index (χ1v) is 10.2. The Balaban J connectivity index is 1.87. The van der Waals surface area contributed by atoms with Crippen molar-refractivity contribution >= 4 is 17.5 Å². The van der Waals surface area contributed by atoms with Crippen molar-refractivity contribution in [3.05, 3.63) is 51.8 Å². The lowest BCUT2D eigenvalue weighted by molar-refractivity contribution is 0.102. The molecule has 0 unspecified atom stereocenters. The van der Waals surface area contributed by atoms with E-state index in [1.165, 1.54) is 11.8 Å². The molecule has 0 bridgehead atoms. The van der Waals surface area contributed by atoms with E-state index in [-0.39, 0.29) is 11.5 Å². The zero-order valence-corrected chi connectivity index (χ0v) is 16.6. The first kappa shape index (κ1) is 19.9. The van der Waals surface area contributed by atoms with Gasteiger partial charge >= 0.3 is 0 Å². The van der Waals surface area contributed by atoms with Gasteiger partial charge in [-0.3, -0.25) is 4.79 Å². The second-order valence-electron chi connectivity index (χ2n) is 6.93. The van der Waals surface area contributed by atoms with Gasteiger partial charge in [0.15, 0.2) is 5.78 Å². The zero-order valence-electron chi connectivity index (χ0n) is 15.7. The fourth-order valence-electron chi connectivity index (χ4n) is 3.95. The first-order chi connectivity index (χ1) is 13.6. The Morgan fingerprint density at radius 2 is 1.96 bits per heavy atom. The third-order valence-corrected chi connectivity index (χ3v) is 6.37. The minimum absolute atomic E-state index is 0.0678. The lowest BCUT2D eigenvalue weighted by Gasteiger charge is -2.40. The van der Waals surface area contributed by atoms with Gasteiger partial charge in [0.2, 0.25) is 0 Å². The zero-order chi connectivity index (χ0) is 20.1. The molecule has 0 radical (unpaired) electrons. The van der Waals surface area contributed by atoms with Crippen molar-refractivity contribution < 1.29 is 9.53 Å². The summed E-state index contributed by atoms with van der Waals surface area (Å²) in [7, 11) is 1.56. The molecule has 7 heteroatoms. The lowest BCUT2D eigenvalue weighted by Crippen LogP contribution is -2.39. The molecule has 1 aliphatic heterocycles. The maximum absolute atomic E-state index is 12.6. The Hall–Kier alpha value is -2.90. The van der Waals surface area contributed by atoms with Crippen LogP contribution >= 0.6 is 11.8 Å². The highest BCUT2D eigenvalue weighted by atomic mass is 32.2. The van der Waals surface area contributed by atoms with Crippen LogP contribution in [0.4, 0.5) is 0 Å². The molecule has 1 aliphatic carbocycles. The maximum atomic E-state index is 12.6. The van der Waals surface area contributed by atoms with Gasteiger partial charge in [0.05, 0.1) is 41.2 Å². The first-order valence-electron chi connectivity index (χ1n) is 9.18. The number of allylic oxidation sites excluding steroid dienone is 2. The van der Waals surface area contributed by atoms with E-state index in [1.807, 2.05) is 0 Å². The number of Topliss-reactive ketones (excluding diaryl/α,β-unsaturated/α-hetero) is 1. The molecule has 28 heavy (non-hydrogen) atoms. The molecule has 1 aromatic carbocycles. The van der Waals surface area contributed by atoms with E-state index in [4.69, 9.17) is 10.5 Å². The molecule has 144 valence electrons. The maximum Gasteiger partial charge on any atom is 0.173 e. The van der Waals surface area contributed by atoms with Gasteiger partial charge in [0, 0.05) is 11.0 Å². The number of ketones is 1. The number of nitrogens with one attached hydrogen (secondary N) is 1. The van der Waals surface area contributed by atoms with Crippen LogP contribution in [0.3, 0.4) is 0 Å². The summed E-state index contributed by atoms with van der Waals surface area (Å²) >= 11 is 1.26. The van der Waals surface area contributed by atoms with E-state index in [9.17, 15) is 15.3 Å². The number of carbonyl (C=O) groups excluding carboxylic acids is 1. The van der Waals surface area contributed by atoms with E-state index in [2.05, 4.69) is 17.5 Å². The monoisotopic (exact) mass is 394 g/mol. The number of nitrogens with zero attached hydrogens (tertiary/aromatic N) is 2. The van der Waals surface area contributed by atoms with E-state index in [0.717, 1.165) is 32.1 Å². The molecule has 1 spiro atoms. The summed E-state index contributed by atoms with van der Waals surface area (Å²) in [6, 6.07) is 11.5. The Kier molecular flexibility index (Phi) is 5.96. The van der Waals surface area contributed by atoms with Crippen molar-refractivity contribution in [2.24, 2.45) is 11.1 Å². The number of hydrogen-bond acceptors (Lipinski definition) is 7. The van der Waals surface area contributed by atoms with Crippen molar-refractivity contribution in [3.63, 3.8) is 0 Å². The topological polar surface area (TPSA) is 112 Å². The molecular formula is C21H22N4O2S. The van der Waals surface area contributed by atoms with E-state index in [0.29, 0.717) is 33.3 Å². The van der Waals surface area contributed by atoms with Crippen LogP contribution in [0.15, 0.2) is 46.3 Å². The van der Waals surface area contributed by atoms with Crippen LogP contribution in [0.1, 0.15) is 42.5 Å². The minimum atomic E-state index is -0.627. The number of carbonyl (C=O) groups is 1. The predicted octanol–water partition coefficient (Wildman–Crippen LogP) is 3.59. The summed E-state index contributed by atoms with van der Waals surface area (Å²) in [5.41, 5.74) is 7.05. The predicted molar refractivity (Wildman–Crippen MR) is 108 cm³/mol. The quantitative estimate of drug-likeness (QED) is 0.734. The third-order valence-electron chi connectivity index (χ3n) is 5.37. The highest BCUT2D eigenvalue weighted by Crippen LogP contribution is 2.51. The van der Waals surface area contributed by atoms with Crippen LogP contribution in [0.25, 0.3) is 0 Å². The summed E-state index contributed by atoms with van der Waals surface area (Å²) < 4.78 is 5.17. The molecule has 0 amide bonds. The van der Waals surface area contributed by atoms with Gasteiger partial charge in [-0.15, -0.1) is 0 Å². The second kappa shape index (κ2) is 8.41. The molecule has 0 aromatic heterocycles. The van der Waals surface area contributed by atoms with Crippen LogP contribution in [-0.4, -0.2) is 18.6 Å². The summed E-state index contributed by atoms with van der Waals surface area (Å²) in [5.74, 6) is 1.00. The van der Waals surface area contributed by atoms with Crippen molar-refractivity contribution in [1.82, 2.24) is 5.32 Å². The summed E-state index contributed by atoms with van der Waals surface area (Å²) in [5, 5.41) is 23.1. The van der Waals surface area contributed by atoms with Crippen molar-refractivity contribution in [2.45, 2.75) is 32.1 Å². The largest absolute Gasteiger partial charge is 0.497 e. The minimum Gasteiger partial charge on any atom is -0.497 e. The Labute approximate surface area is 169 Å². The Morgan fingerprint density at radius 1 is 1.25 bits per heavy atom. The van der Waals surface area contributed by atoms with Crippen molar-refractivity contribution in [3.8, 4) is 17.9 Å². The second-order valence-corrected chi connectivity index (χ2v) is 7.91. The highest BCUT2D eigenvalue weighted by Gasteiger charge is 2.45. The van der Waals surface area contributed by atoms with Gasteiger partial charge in [0.1, 0.15) is 11.6 Å². The van der Waals surface area contributed by atoms with Gasteiger partial charge in [-0.1, -0.05) is 43.2 Å². The molecule has 0 atom stereocenters. The van der Waals surface area contributed by atoms with Gasteiger partial charge in [0.25, 0.3) is 0 Å². The smallest absolute Gasteiger partial charge is 0.173 e. The molecule has 6 nitrogen and oxygen atoms in total. The molecule has 1 heterocycles. The fraction of sp³-hybridized carbons (Fsp3) is 0.381.